The van der Waals surface area contributed by atoms with Crippen molar-refractivity contribution in [3.8, 4) is 5.75 Å². The molecular formula is C15H22BrNO3S. The van der Waals surface area contributed by atoms with Crippen LogP contribution in [0.2, 0.25) is 0 Å². The summed E-state index contributed by atoms with van der Waals surface area (Å²) in [6.45, 7) is 0.585. The summed E-state index contributed by atoms with van der Waals surface area (Å²) in [6.07, 6.45) is 5.22. The zero-order chi connectivity index (χ0) is 15.5. The van der Waals surface area contributed by atoms with Gasteiger partial charge in [-0.3, -0.25) is 0 Å². The lowest BCUT2D eigenvalue weighted by Crippen LogP contribution is -2.33. The van der Waals surface area contributed by atoms with E-state index in [9.17, 15) is 8.42 Å². The van der Waals surface area contributed by atoms with E-state index in [0.29, 0.717) is 13.0 Å². The Morgan fingerprint density at radius 2 is 2.14 bits per heavy atom. The molecule has 1 saturated carbocycles. The van der Waals surface area contributed by atoms with Crippen LogP contribution < -0.4 is 10.5 Å². The van der Waals surface area contributed by atoms with Crippen LogP contribution in [0.25, 0.3) is 0 Å². The Labute approximate surface area is 135 Å². The van der Waals surface area contributed by atoms with Gasteiger partial charge in [0.2, 0.25) is 0 Å². The molecule has 1 aromatic carbocycles. The van der Waals surface area contributed by atoms with Gasteiger partial charge in [0.25, 0.3) is 0 Å². The van der Waals surface area contributed by atoms with Gasteiger partial charge in [-0.2, -0.15) is 0 Å². The predicted octanol–water partition coefficient (Wildman–Crippen LogP) is 2.68. The topological polar surface area (TPSA) is 69.4 Å². The molecule has 0 saturated heterocycles. The molecule has 21 heavy (non-hydrogen) atoms. The van der Waals surface area contributed by atoms with Crippen LogP contribution in [0.1, 0.15) is 31.2 Å². The van der Waals surface area contributed by atoms with Gasteiger partial charge in [0.05, 0.1) is 11.4 Å². The summed E-state index contributed by atoms with van der Waals surface area (Å²) in [4.78, 5) is 0. The van der Waals surface area contributed by atoms with Crippen LogP contribution in [0.4, 0.5) is 0 Å². The fourth-order valence-corrected chi connectivity index (χ4v) is 4.37. The normalized spacial score (nSPS) is 23.0. The van der Waals surface area contributed by atoms with Crippen LogP contribution in [-0.4, -0.2) is 32.6 Å². The molecule has 4 nitrogen and oxygen atoms in total. The molecule has 0 bridgehead atoms. The molecule has 1 fully saturated rings. The Bertz CT molecular complexity index is 589. The molecule has 0 aromatic heterocycles. The average Bonchev–Trinajstić information content (AvgIpc) is 2.42. The minimum absolute atomic E-state index is 0.0228. The average molecular weight is 376 g/mol. The summed E-state index contributed by atoms with van der Waals surface area (Å²) in [6, 6.07) is 5.85. The Morgan fingerprint density at radius 3 is 2.81 bits per heavy atom. The number of halogens is 1. The minimum Gasteiger partial charge on any atom is -0.490 e. The molecule has 1 aliphatic carbocycles. The molecule has 1 aliphatic rings. The molecule has 0 spiro atoms. The Balaban J connectivity index is 2.06. The second-order valence-electron chi connectivity index (χ2n) is 5.65. The van der Waals surface area contributed by atoms with Gasteiger partial charge in [0.15, 0.2) is 0 Å². The molecule has 118 valence electrons. The summed E-state index contributed by atoms with van der Waals surface area (Å²) >= 11 is 3.50. The summed E-state index contributed by atoms with van der Waals surface area (Å²) in [7, 11) is -2.98. The van der Waals surface area contributed by atoms with Gasteiger partial charge in [-0.15, -0.1) is 0 Å². The van der Waals surface area contributed by atoms with Crippen LogP contribution in [0.5, 0.6) is 5.75 Å². The van der Waals surface area contributed by atoms with E-state index in [-0.39, 0.29) is 11.4 Å². The summed E-state index contributed by atoms with van der Waals surface area (Å²) in [5.74, 6) is 0.792. The van der Waals surface area contributed by atoms with Gasteiger partial charge in [-0.05, 0) is 56.0 Å². The third-order valence-electron chi connectivity index (χ3n) is 3.92. The first-order valence-electron chi connectivity index (χ1n) is 7.24. The van der Waals surface area contributed by atoms with Gasteiger partial charge in [-0.1, -0.05) is 15.9 Å². The zero-order valence-electron chi connectivity index (χ0n) is 12.2. The zero-order valence-corrected chi connectivity index (χ0v) is 14.6. The third kappa shape index (κ3) is 4.69. The van der Waals surface area contributed by atoms with Crippen LogP contribution in [0.3, 0.4) is 0 Å². The molecule has 2 atom stereocenters. The first kappa shape index (κ1) is 16.8. The standard InChI is InChI=1S/C15H22BrNO3S/c1-21(18,19)14-4-2-3-12(10-14)20-13-5-6-15(16)11(9-13)7-8-17/h5-6,9,12,14H,2-4,7-8,10,17H2,1H3. The fraction of sp³-hybridized carbons (Fsp3) is 0.600. The van der Waals surface area contributed by atoms with Crippen molar-refractivity contribution in [3.05, 3.63) is 28.2 Å². The van der Waals surface area contributed by atoms with Crippen molar-refractivity contribution in [3.63, 3.8) is 0 Å². The monoisotopic (exact) mass is 375 g/mol. The quantitative estimate of drug-likeness (QED) is 0.858. The van der Waals surface area contributed by atoms with Crippen molar-refractivity contribution in [1.82, 2.24) is 0 Å². The first-order valence-corrected chi connectivity index (χ1v) is 9.99. The third-order valence-corrected chi connectivity index (χ3v) is 6.33. The molecule has 6 heteroatoms. The molecule has 0 aliphatic heterocycles. The minimum atomic E-state index is -2.98. The number of nitrogens with two attached hydrogens (primary N) is 1. The molecule has 2 unspecified atom stereocenters. The van der Waals surface area contributed by atoms with Gasteiger partial charge < -0.3 is 10.5 Å². The van der Waals surface area contributed by atoms with E-state index >= 15 is 0 Å². The number of ether oxygens (including phenoxy) is 1. The lowest BCUT2D eigenvalue weighted by molar-refractivity contribution is 0.156. The molecule has 1 aromatic rings. The van der Waals surface area contributed by atoms with E-state index in [4.69, 9.17) is 10.5 Å². The van der Waals surface area contributed by atoms with Crippen molar-refractivity contribution in [2.45, 2.75) is 43.5 Å². The molecule has 0 amide bonds. The fourth-order valence-electron chi connectivity index (χ4n) is 2.76. The molecule has 2 rings (SSSR count). The lowest BCUT2D eigenvalue weighted by Gasteiger charge is -2.28. The highest BCUT2D eigenvalue weighted by molar-refractivity contribution is 9.10. The number of rotatable bonds is 5. The van der Waals surface area contributed by atoms with Crippen molar-refractivity contribution in [1.29, 1.82) is 0 Å². The highest BCUT2D eigenvalue weighted by Crippen LogP contribution is 2.29. The second kappa shape index (κ2) is 7.11. The van der Waals surface area contributed by atoms with Crippen molar-refractivity contribution >= 4 is 25.8 Å². The van der Waals surface area contributed by atoms with E-state index in [2.05, 4.69) is 15.9 Å². The molecular weight excluding hydrogens is 354 g/mol. The van der Waals surface area contributed by atoms with Crippen molar-refractivity contribution < 1.29 is 13.2 Å². The van der Waals surface area contributed by atoms with Crippen molar-refractivity contribution in [2.75, 3.05) is 12.8 Å². The van der Waals surface area contributed by atoms with E-state index in [1.54, 1.807) is 0 Å². The van der Waals surface area contributed by atoms with Crippen LogP contribution in [0, 0.1) is 0 Å². The number of hydrogen-bond donors (Lipinski definition) is 1. The largest absolute Gasteiger partial charge is 0.490 e. The molecule has 2 N–H and O–H groups in total. The van der Waals surface area contributed by atoms with Gasteiger partial charge in [0.1, 0.15) is 15.6 Å². The second-order valence-corrected chi connectivity index (χ2v) is 8.83. The van der Waals surface area contributed by atoms with E-state index < -0.39 is 9.84 Å². The SMILES string of the molecule is CS(=O)(=O)C1CCCC(Oc2ccc(Br)c(CCN)c2)C1. The van der Waals surface area contributed by atoms with E-state index in [1.165, 1.54) is 6.26 Å². The van der Waals surface area contributed by atoms with E-state index in [0.717, 1.165) is 41.5 Å². The highest BCUT2D eigenvalue weighted by atomic mass is 79.9. The van der Waals surface area contributed by atoms with Gasteiger partial charge in [-0.25, -0.2) is 8.42 Å². The number of hydrogen-bond acceptors (Lipinski definition) is 4. The highest BCUT2D eigenvalue weighted by Gasteiger charge is 2.29. The smallest absolute Gasteiger partial charge is 0.150 e. The summed E-state index contributed by atoms with van der Waals surface area (Å²) in [5, 5.41) is -0.268. The maximum atomic E-state index is 11.7. The van der Waals surface area contributed by atoms with Crippen molar-refractivity contribution in [2.24, 2.45) is 5.73 Å². The summed E-state index contributed by atoms with van der Waals surface area (Å²) < 4.78 is 30.4. The Morgan fingerprint density at radius 1 is 1.38 bits per heavy atom. The number of sulfone groups is 1. The Hall–Kier alpha value is -0.590. The first-order chi connectivity index (χ1) is 9.90. The summed E-state index contributed by atoms with van der Waals surface area (Å²) in [5.41, 5.74) is 6.72. The van der Waals surface area contributed by atoms with E-state index in [1.807, 2.05) is 18.2 Å². The molecule has 0 heterocycles. The number of benzene rings is 1. The maximum absolute atomic E-state index is 11.7. The van der Waals surface area contributed by atoms with Crippen LogP contribution in [0.15, 0.2) is 22.7 Å². The lowest BCUT2D eigenvalue weighted by atomic mass is 9.97. The van der Waals surface area contributed by atoms with Gasteiger partial charge >= 0.3 is 0 Å². The van der Waals surface area contributed by atoms with Crippen LogP contribution in [-0.2, 0) is 16.3 Å². The predicted molar refractivity (Wildman–Crippen MR) is 88.4 cm³/mol. The molecule has 0 radical (unpaired) electrons. The maximum Gasteiger partial charge on any atom is 0.150 e. The van der Waals surface area contributed by atoms with Gasteiger partial charge in [0, 0.05) is 17.1 Å². The Kier molecular flexibility index (Phi) is 5.68. The van der Waals surface area contributed by atoms with Crippen LogP contribution >= 0.6 is 15.9 Å².